The molecule has 0 unspecified atom stereocenters. The first-order valence-electron chi connectivity index (χ1n) is 8.60. The number of amides is 1. The Morgan fingerprint density at radius 3 is 2.41 bits per heavy atom. The minimum Gasteiger partial charge on any atom is -0.497 e. The van der Waals surface area contributed by atoms with E-state index in [2.05, 4.69) is 10.5 Å². The first kappa shape index (κ1) is 20.1. The number of carbonyl (C=O) groups is 2. The topological polar surface area (TPSA) is 77.0 Å². The number of hydrogen-bond donors (Lipinski definition) is 1. The summed E-state index contributed by atoms with van der Waals surface area (Å²) >= 11 is 5.87. The molecule has 3 rings (SSSR count). The Hall–Kier alpha value is -3.64. The van der Waals surface area contributed by atoms with Gasteiger partial charge in [-0.25, -0.2) is 10.2 Å². The van der Waals surface area contributed by atoms with Crippen LogP contribution in [0.1, 0.15) is 26.3 Å². The number of esters is 1. The zero-order valence-corrected chi connectivity index (χ0v) is 16.2. The Balaban J connectivity index is 1.62. The summed E-state index contributed by atoms with van der Waals surface area (Å²) in [6, 6.07) is 19.9. The van der Waals surface area contributed by atoms with Crippen LogP contribution in [0.3, 0.4) is 0 Å². The van der Waals surface area contributed by atoms with Crippen LogP contribution in [0.4, 0.5) is 0 Å². The van der Waals surface area contributed by atoms with Crippen molar-refractivity contribution in [3.8, 4) is 11.5 Å². The van der Waals surface area contributed by atoms with Gasteiger partial charge in [0.15, 0.2) is 0 Å². The molecule has 0 aliphatic rings. The Bertz CT molecular complexity index is 1050. The van der Waals surface area contributed by atoms with Crippen LogP contribution in [-0.4, -0.2) is 25.2 Å². The molecule has 6 nitrogen and oxygen atoms in total. The standard InChI is InChI=1S/C22H17ClN2O4/c1-28-19-10-8-16(9-11-19)22(27)29-20-7-2-4-15(12-20)14-24-25-21(26)17-5-3-6-18(23)13-17/h2-14H,1H3,(H,25,26). The van der Waals surface area contributed by atoms with Crippen molar-refractivity contribution in [1.82, 2.24) is 5.43 Å². The third-order valence-electron chi connectivity index (χ3n) is 3.86. The number of nitrogens with one attached hydrogen (secondary N) is 1. The number of hydrogen-bond acceptors (Lipinski definition) is 5. The number of ether oxygens (including phenoxy) is 2. The highest BCUT2D eigenvalue weighted by Crippen LogP contribution is 2.16. The third kappa shape index (κ3) is 5.67. The maximum Gasteiger partial charge on any atom is 0.343 e. The van der Waals surface area contributed by atoms with Gasteiger partial charge in [0.2, 0.25) is 0 Å². The SMILES string of the molecule is COc1ccc(C(=O)Oc2cccc(C=NNC(=O)c3cccc(Cl)c3)c2)cc1. The van der Waals surface area contributed by atoms with E-state index >= 15 is 0 Å². The monoisotopic (exact) mass is 408 g/mol. The van der Waals surface area contributed by atoms with Gasteiger partial charge in [-0.05, 0) is 60.2 Å². The number of benzene rings is 3. The predicted molar refractivity (Wildman–Crippen MR) is 111 cm³/mol. The lowest BCUT2D eigenvalue weighted by atomic mass is 10.2. The molecule has 0 saturated heterocycles. The van der Waals surface area contributed by atoms with Crippen molar-refractivity contribution in [1.29, 1.82) is 0 Å². The fourth-order valence-corrected chi connectivity index (χ4v) is 2.60. The van der Waals surface area contributed by atoms with Gasteiger partial charge >= 0.3 is 5.97 Å². The molecule has 0 radical (unpaired) electrons. The maximum absolute atomic E-state index is 12.2. The summed E-state index contributed by atoms with van der Waals surface area (Å²) < 4.78 is 10.4. The number of methoxy groups -OCH3 is 1. The van der Waals surface area contributed by atoms with E-state index in [0.717, 1.165) is 0 Å². The minimum atomic E-state index is -0.490. The van der Waals surface area contributed by atoms with E-state index in [4.69, 9.17) is 21.1 Å². The van der Waals surface area contributed by atoms with Crippen LogP contribution in [0.25, 0.3) is 0 Å². The molecule has 3 aromatic rings. The smallest absolute Gasteiger partial charge is 0.343 e. The van der Waals surface area contributed by atoms with Crippen molar-refractivity contribution in [2.24, 2.45) is 5.10 Å². The van der Waals surface area contributed by atoms with Crippen LogP contribution in [0.15, 0.2) is 77.9 Å². The van der Waals surface area contributed by atoms with Crippen molar-refractivity contribution in [2.75, 3.05) is 7.11 Å². The third-order valence-corrected chi connectivity index (χ3v) is 4.10. The fraction of sp³-hybridized carbons (Fsp3) is 0.0455. The summed E-state index contributed by atoms with van der Waals surface area (Å²) in [7, 11) is 1.55. The maximum atomic E-state index is 12.2. The molecule has 0 fully saturated rings. The highest BCUT2D eigenvalue weighted by Gasteiger charge is 2.09. The molecule has 0 bridgehead atoms. The molecule has 0 aromatic heterocycles. The van der Waals surface area contributed by atoms with Gasteiger partial charge in [0, 0.05) is 10.6 Å². The van der Waals surface area contributed by atoms with E-state index in [1.807, 2.05) is 0 Å². The van der Waals surface area contributed by atoms with Crippen molar-refractivity contribution < 1.29 is 19.1 Å². The molecule has 146 valence electrons. The molecule has 1 amide bonds. The summed E-state index contributed by atoms with van der Waals surface area (Å²) in [5.41, 5.74) is 3.87. The molecule has 0 spiro atoms. The molecule has 1 N–H and O–H groups in total. The van der Waals surface area contributed by atoms with Crippen molar-refractivity contribution >= 4 is 29.7 Å². The second-order valence-electron chi connectivity index (χ2n) is 5.90. The fourth-order valence-electron chi connectivity index (χ4n) is 2.41. The Labute approximate surface area is 172 Å². The average Bonchev–Trinajstić information content (AvgIpc) is 2.74. The normalized spacial score (nSPS) is 10.6. The molecule has 0 heterocycles. The van der Waals surface area contributed by atoms with E-state index in [9.17, 15) is 9.59 Å². The van der Waals surface area contributed by atoms with E-state index in [-0.39, 0.29) is 5.91 Å². The summed E-state index contributed by atoms with van der Waals surface area (Å²) in [5.74, 6) is 0.136. The Morgan fingerprint density at radius 1 is 0.931 bits per heavy atom. The zero-order valence-electron chi connectivity index (χ0n) is 15.5. The van der Waals surface area contributed by atoms with Crippen LogP contribution >= 0.6 is 11.6 Å². The first-order valence-corrected chi connectivity index (χ1v) is 8.98. The number of carbonyl (C=O) groups excluding carboxylic acids is 2. The number of nitrogens with zero attached hydrogens (tertiary/aromatic N) is 1. The molecular weight excluding hydrogens is 392 g/mol. The van der Waals surface area contributed by atoms with Crippen molar-refractivity contribution in [3.05, 3.63) is 94.5 Å². The van der Waals surface area contributed by atoms with Crippen LogP contribution < -0.4 is 14.9 Å². The zero-order chi connectivity index (χ0) is 20.6. The van der Waals surface area contributed by atoms with E-state index in [0.29, 0.717) is 33.2 Å². The molecular formula is C22H17ClN2O4. The number of hydrazone groups is 1. The van der Waals surface area contributed by atoms with Gasteiger partial charge in [0.1, 0.15) is 11.5 Å². The highest BCUT2D eigenvalue weighted by molar-refractivity contribution is 6.30. The van der Waals surface area contributed by atoms with E-state index < -0.39 is 5.97 Å². The van der Waals surface area contributed by atoms with E-state index in [1.54, 1.807) is 79.9 Å². The Kier molecular flexibility index (Phi) is 6.60. The van der Waals surface area contributed by atoms with Gasteiger partial charge in [-0.2, -0.15) is 5.10 Å². The molecule has 0 aliphatic carbocycles. The average molecular weight is 409 g/mol. The summed E-state index contributed by atoms with van der Waals surface area (Å²) in [6.45, 7) is 0. The lowest BCUT2D eigenvalue weighted by molar-refractivity contribution is 0.0734. The molecule has 29 heavy (non-hydrogen) atoms. The summed E-state index contributed by atoms with van der Waals surface area (Å²) in [5, 5.41) is 4.39. The van der Waals surface area contributed by atoms with Gasteiger partial charge in [0.25, 0.3) is 5.91 Å². The number of rotatable bonds is 6. The van der Waals surface area contributed by atoms with E-state index in [1.165, 1.54) is 6.21 Å². The van der Waals surface area contributed by atoms with Crippen LogP contribution in [0.5, 0.6) is 11.5 Å². The van der Waals surface area contributed by atoms with Gasteiger partial charge < -0.3 is 9.47 Å². The number of halogens is 1. The largest absolute Gasteiger partial charge is 0.497 e. The van der Waals surface area contributed by atoms with Crippen LogP contribution in [0, 0.1) is 0 Å². The lowest BCUT2D eigenvalue weighted by Gasteiger charge is -2.06. The van der Waals surface area contributed by atoms with Gasteiger partial charge in [-0.3, -0.25) is 4.79 Å². The molecule has 0 aliphatic heterocycles. The predicted octanol–water partition coefficient (Wildman–Crippen LogP) is 4.33. The van der Waals surface area contributed by atoms with Gasteiger partial charge in [-0.15, -0.1) is 0 Å². The van der Waals surface area contributed by atoms with Crippen molar-refractivity contribution in [2.45, 2.75) is 0 Å². The molecule has 3 aromatic carbocycles. The lowest BCUT2D eigenvalue weighted by Crippen LogP contribution is -2.17. The summed E-state index contributed by atoms with van der Waals surface area (Å²) in [4.78, 5) is 24.3. The summed E-state index contributed by atoms with van der Waals surface area (Å²) in [6.07, 6.45) is 1.45. The minimum absolute atomic E-state index is 0.357. The van der Waals surface area contributed by atoms with Gasteiger partial charge in [-0.1, -0.05) is 29.8 Å². The Morgan fingerprint density at radius 2 is 1.69 bits per heavy atom. The highest BCUT2D eigenvalue weighted by atomic mass is 35.5. The quantitative estimate of drug-likeness (QED) is 0.285. The van der Waals surface area contributed by atoms with Gasteiger partial charge in [0.05, 0.1) is 18.9 Å². The van der Waals surface area contributed by atoms with Crippen LogP contribution in [-0.2, 0) is 0 Å². The van der Waals surface area contributed by atoms with Crippen LogP contribution in [0.2, 0.25) is 5.02 Å². The molecule has 0 atom stereocenters. The molecule has 7 heteroatoms. The molecule has 0 saturated carbocycles. The first-order chi connectivity index (χ1) is 14.0. The second kappa shape index (κ2) is 9.52. The second-order valence-corrected chi connectivity index (χ2v) is 6.34. The van der Waals surface area contributed by atoms with Crippen molar-refractivity contribution in [3.63, 3.8) is 0 Å².